The summed E-state index contributed by atoms with van der Waals surface area (Å²) in [5, 5.41) is 9.54. The number of piperidine rings is 1. The number of anilines is 1. The number of hydrogen-bond acceptors (Lipinski definition) is 4. The highest BCUT2D eigenvalue weighted by atomic mass is 19.4. The zero-order valence-electron chi connectivity index (χ0n) is 13.0. The number of aliphatic hydroxyl groups is 1. The highest BCUT2D eigenvalue weighted by Crippen LogP contribution is 2.37. The minimum Gasteiger partial charge on any atom is -0.393 e. The van der Waals surface area contributed by atoms with Crippen LogP contribution in [0.2, 0.25) is 0 Å². The zero-order valence-corrected chi connectivity index (χ0v) is 13.0. The van der Waals surface area contributed by atoms with Gasteiger partial charge in [0, 0.05) is 45.1 Å². The Kier molecular flexibility index (Phi) is 4.77. The molecule has 2 fully saturated rings. The molecule has 0 aliphatic carbocycles. The minimum atomic E-state index is -4.37. The van der Waals surface area contributed by atoms with E-state index in [4.69, 9.17) is 0 Å². The lowest BCUT2D eigenvalue weighted by Crippen LogP contribution is -2.39. The van der Waals surface area contributed by atoms with E-state index < -0.39 is 11.7 Å². The third-order valence-corrected chi connectivity index (χ3v) is 4.80. The van der Waals surface area contributed by atoms with Crippen molar-refractivity contribution >= 4 is 5.69 Å². The largest absolute Gasteiger partial charge is 0.419 e. The van der Waals surface area contributed by atoms with Crippen LogP contribution in [0, 0.1) is 5.92 Å². The van der Waals surface area contributed by atoms with Crippen molar-refractivity contribution in [2.24, 2.45) is 5.92 Å². The Hall–Kier alpha value is -1.34. The van der Waals surface area contributed by atoms with Crippen molar-refractivity contribution in [3.63, 3.8) is 0 Å². The number of hydrogen-bond donors (Lipinski definition) is 1. The van der Waals surface area contributed by atoms with Gasteiger partial charge in [0.2, 0.25) is 0 Å². The summed E-state index contributed by atoms with van der Waals surface area (Å²) in [6.07, 6.45) is 0.248. The fourth-order valence-electron chi connectivity index (χ4n) is 3.55. The second-order valence-electron chi connectivity index (χ2n) is 6.52. The van der Waals surface area contributed by atoms with Gasteiger partial charge in [0.1, 0.15) is 0 Å². The Bertz CT molecular complexity index is 530. The number of aliphatic hydroxyl groups excluding tert-OH is 1. The first-order chi connectivity index (χ1) is 10.9. The van der Waals surface area contributed by atoms with E-state index in [0.717, 1.165) is 45.1 Å². The Morgan fingerprint density at radius 2 is 1.91 bits per heavy atom. The monoisotopic (exact) mass is 329 g/mol. The van der Waals surface area contributed by atoms with Gasteiger partial charge in [-0.25, -0.2) is 0 Å². The zero-order chi connectivity index (χ0) is 16.4. The van der Waals surface area contributed by atoms with E-state index in [-0.39, 0.29) is 11.8 Å². The first kappa shape index (κ1) is 16.5. The molecule has 1 aromatic rings. The molecule has 2 aliphatic heterocycles. The van der Waals surface area contributed by atoms with Gasteiger partial charge in [-0.2, -0.15) is 13.2 Å². The molecule has 0 radical (unpaired) electrons. The normalized spacial score (nSPS) is 24.3. The average molecular weight is 329 g/mol. The van der Waals surface area contributed by atoms with Gasteiger partial charge in [-0.3, -0.25) is 4.98 Å². The van der Waals surface area contributed by atoms with Crippen LogP contribution in [0.1, 0.15) is 24.8 Å². The summed E-state index contributed by atoms with van der Waals surface area (Å²) in [7, 11) is 0. The summed E-state index contributed by atoms with van der Waals surface area (Å²) in [5.74, 6) is 0.375. The molecule has 1 unspecified atom stereocenters. The predicted octanol–water partition coefficient (Wildman–Crippen LogP) is 2.38. The molecule has 0 amide bonds. The molecule has 1 atom stereocenters. The molecule has 2 aliphatic rings. The molecule has 128 valence electrons. The minimum absolute atomic E-state index is 0.197. The summed E-state index contributed by atoms with van der Waals surface area (Å²) in [5.41, 5.74) is -0.411. The number of alkyl halides is 3. The van der Waals surface area contributed by atoms with E-state index in [2.05, 4.69) is 9.88 Å². The topological polar surface area (TPSA) is 39.6 Å². The smallest absolute Gasteiger partial charge is 0.393 e. The summed E-state index contributed by atoms with van der Waals surface area (Å²) < 4.78 is 39.3. The van der Waals surface area contributed by atoms with Crippen LogP contribution < -0.4 is 4.90 Å². The van der Waals surface area contributed by atoms with Crippen molar-refractivity contribution < 1.29 is 18.3 Å². The van der Waals surface area contributed by atoms with Gasteiger partial charge in [-0.05, 0) is 31.2 Å². The molecule has 0 bridgehead atoms. The Morgan fingerprint density at radius 3 is 2.61 bits per heavy atom. The summed E-state index contributed by atoms with van der Waals surface area (Å²) in [6.45, 7) is 3.94. The molecule has 1 aromatic heterocycles. The van der Waals surface area contributed by atoms with Gasteiger partial charge in [-0.1, -0.05) is 0 Å². The van der Waals surface area contributed by atoms with Gasteiger partial charge in [-0.15, -0.1) is 0 Å². The molecule has 3 heterocycles. The van der Waals surface area contributed by atoms with Crippen LogP contribution >= 0.6 is 0 Å². The Labute approximate surface area is 133 Å². The lowest BCUT2D eigenvalue weighted by molar-refractivity contribution is -0.137. The quantitative estimate of drug-likeness (QED) is 0.924. The lowest BCUT2D eigenvalue weighted by Gasteiger charge is -2.31. The van der Waals surface area contributed by atoms with E-state index in [9.17, 15) is 18.3 Å². The number of pyridine rings is 1. The second-order valence-corrected chi connectivity index (χ2v) is 6.52. The molecule has 7 heteroatoms. The van der Waals surface area contributed by atoms with Crippen LogP contribution in [0.5, 0.6) is 0 Å². The fraction of sp³-hybridized carbons (Fsp3) is 0.688. The number of rotatable bonds is 3. The van der Waals surface area contributed by atoms with E-state index in [1.807, 2.05) is 4.90 Å². The van der Waals surface area contributed by atoms with Crippen LogP contribution in [0.3, 0.4) is 0 Å². The maximum atomic E-state index is 13.1. The Morgan fingerprint density at radius 1 is 1.17 bits per heavy atom. The molecule has 4 nitrogen and oxygen atoms in total. The summed E-state index contributed by atoms with van der Waals surface area (Å²) in [6, 6.07) is 1.46. The second kappa shape index (κ2) is 6.65. The van der Waals surface area contributed by atoms with Crippen LogP contribution in [0.4, 0.5) is 18.9 Å². The average Bonchev–Trinajstić information content (AvgIpc) is 2.97. The van der Waals surface area contributed by atoms with Gasteiger partial charge >= 0.3 is 6.18 Å². The molecular weight excluding hydrogens is 307 g/mol. The first-order valence-electron chi connectivity index (χ1n) is 8.10. The van der Waals surface area contributed by atoms with Crippen LogP contribution in [-0.4, -0.2) is 53.8 Å². The van der Waals surface area contributed by atoms with Gasteiger partial charge in [0.15, 0.2) is 0 Å². The van der Waals surface area contributed by atoms with Crippen molar-refractivity contribution in [1.82, 2.24) is 9.88 Å². The third-order valence-electron chi connectivity index (χ3n) is 4.80. The van der Waals surface area contributed by atoms with Crippen molar-refractivity contribution in [2.45, 2.75) is 31.5 Å². The van der Waals surface area contributed by atoms with Crippen molar-refractivity contribution in [2.75, 3.05) is 37.6 Å². The first-order valence-corrected chi connectivity index (χ1v) is 8.10. The highest BCUT2D eigenvalue weighted by Gasteiger charge is 2.37. The van der Waals surface area contributed by atoms with E-state index in [1.54, 1.807) is 0 Å². The van der Waals surface area contributed by atoms with Crippen LogP contribution in [0.25, 0.3) is 0 Å². The molecule has 1 N–H and O–H groups in total. The van der Waals surface area contributed by atoms with E-state index >= 15 is 0 Å². The van der Waals surface area contributed by atoms with Crippen LogP contribution in [0.15, 0.2) is 18.5 Å². The maximum Gasteiger partial charge on any atom is 0.419 e. The van der Waals surface area contributed by atoms with Crippen LogP contribution in [-0.2, 0) is 6.18 Å². The summed E-state index contributed by atoms with van der Waals surface area (Å²) in [4.78, 5) is 7.77. The Balaban J connectivity index is 1.62. The molecule has 0 saturated carbocycles. The molecular formula is C16H22F3N3O. The van der Waals surface area contributed by atoms with E-state index in [0.29, 0.717) is 19.0 Å². The number of nitrogens with zero attached hydrogens (tertiary/aromatic N) is 3. The van der Waals surface area contributed by atoms with Crippen molar-refractivity contribution in [1.29, 1.82) is 0 Å². The summed E-state index contributed by atoms with van der Waals surface area (Å²) >= 11 is 0. The van der Waals surface area contributed by atoms with Crippen molar-refractivity contribution in [3.8, 4) is 0 Å². The molecule has 2 saturated heterocycles. The molecule has 0 aromatic carbocycles. The molecule has 0 spiro atoms. The molecule has 23 heavy (non-hydrogen) atoms. The number of halogens is 3. The van der Waals surface area contributed by atoms with E-state index in [1.165, 1.54) is 12.3 Å². The fourth-order valence-corrected chi connectivity index (χ4v) is 3.55. The third kappa shape index (κ3) is 3.95. The molecule has 3 rings (SSSR count). The highest BCUT2D eigenvalue weighted by molar-refractivity contribution is 5.54. The number of likely N-dealkylation sites (tertiary alicyclic amines) is 1. The van der Waals surface area contributed by atoms with Gasteiger partial charge < -0.3 is 14.9 Å². The van der Waals surface area contributed by atoms with Gasteiger partial charge in [0.25, 0.3) is 0 Å². The SMILES string of the molecule is OC1CCN(CC2CCN(c3ccncc3C(F)(F)F)C2)CC1. The predicted molar refractivity (Wildman–Crippen MR) is 81.2 cm³/mol. The van der Waals surface area contributed by atoms with Gasteiger partial charge in [0.05, 0.1) is 17.4 Å². The standard InChI is InChI=1S/C16H22F3N3O/c17-16(18,19)14-9-20-5-1-15(14)22-8-2-12(11-22)10-21-6-3-13(23)4-7-21/h1,5,9,12-13,23H,2-4,6-8,10-11H2. The van der Waals surface area contributed by atoms with Crippen molar-refractivity contribution in [3.05, 3.63) is 24.0 Å². The lowest BCUT2D eigenvalue weighted by atomic mass is 10.0. The number of aromatic nitrogens is 1. The maximum absolute atomic E-state index is 13.1.